The van der Waals surface area contributed by atoms with E-state index in [1.54, 1.807) is 6.07 Å². The lowest BCUT2D eigenvalue weighted by Crippen LogP contribution is -2.07. The molecule has 1 aromatic rings. The third kappa shape index (κ3) is 2.01. The summed E-state index contributed by atoms with van der Waals surface area (Å²) >= 11 is 0. The summed E-state index contributed by atoms with van der Waals surface area (Å²) in [6.45, 7) is 1.41. The predicted molar refractivity (Wildman–Crippen MR) is 55.5 cm³/mol. The van der Waals surface area contributed by atoms with Crippen LogP contribution in [0.25, 0.3) is 0 Å². The van der Waals surface area contributed by atoms with Gasteiger partial charge in [-0.1, -0.05) is 13.0 Å². The van der Waals surface area contributed by atoms with Crippen LogP contribution in [0.3, 0.4) is 0 Å². The molecule has 0 atom stereocenters. The maximum absolute atomic E-state index is 11.6. The predicted octanol–water partition coefficient (Wildman–Crippen LogP) is 1.26. The van der Waals surface area contributed by atoms with E-state index in [1.807, 2.05) is 0 Å². The Hall–Kier alpha value is -1.94. The van der Waals surface area contributed by atoms with E-state index < -0.39 is 26.0 Å². The molecule has 0 radical (unpaired) electrons. The normalized spacial score (nSPS) is 10.8. The van der Waals surface area contributed by atoms with E-state index in [0.29, 0.717) is 0 Å². The first-order valence-electron chi connectivity index (χ1n) is 4.34. The molecule has 0 amide bonds. The van der Waals surface area contributed by atoms with E-state index in [-0.39, 0.29) is 10.6 Å². The van der Waals surface area contributed by atoms with Crippen LogP contribution in [0.5, 0.6) is 0 Å². The highest BCUT2D eigenvalue weighted by atomic mass is 32.2. The van der Waals surface area contributed by atoms with Crippen molar-refractivity contribution >= 4 is 15.5 Å². The summed E-state index contributed by atoms with van der Waals surface area (Å²) in [6.07, 6.45) is 0. The molecule has 0 heterocycles. The van der Waals surface area contributed by atoms with Crippen LogP contribution in [-0.4, -0.2) is 19.1 Å². The van der Waals surface area contributed by atoms with E-state index in [0.717, 1.165) is 6.07 Å². The monoisotopic (exact) mass is 240 g/mol. The fraction of sp³-hybridized carbons (Fsp3) is 0.222. The second-order valence-electron chi connectivity index (χ2n) is 2.92. The molecule has 0 N–H and O–H groups in total. The summed E-state index contributed by atoms with van der Waals surface area (Å²) in [4.78, 5) is 9.55. The van der Waals surface area contributed by atoms with Crippen molar-refractivity contribution in [2.75, 3.05) is 5.75 Å². The molecule has 0 unspecified atom stereocenters. The Morgan fingerprint density at radius 1 is 1.50 bits per heavy atom. The molecule has 1 rings (SSSR count). The Bertz CT molecular complexity index is 572. The van der Waals surface area contributed by atoms with Crippen LogP contribution in [-0.2, 0) is 9.84 Å². The number of nitriles is 1. The van der Waals surface area contributed by atoms with Crippen LogP contribution in [0.1, 0.15) is 12.5 Å². The minimum atomic E-state index is -3.62. The van der Waals surface area contributed by atoms with Crippen molar-refractivity contribution in [2.24, 2.45) is 0 Å². The molecule has 0 saturated carbocycles. The van der Waals surface area contributed by atoms with Crippen molar-refractivity contribution in [1.82, 2.24) is 0 Å². The lowest BCUT2D eigenvalue weighted by Gasteiger charge is -2.03. The van der Waals surface area contributed by atoms with Crippen LogP contribution < -0.4 is 0 Å². The minimum absolute atomic E-state index is 0.206. The average molecular weight is 240 g/mol. The van der Waals surface area contributed by atoms with Gasteiger partial charge in [-0.2, -0.15) is 5.26 Å². The quantitative estimate of drug-likeness (QED) is 0.584. The standard InChI is InChI=1S/C9H8N2O4S/c1-2-16(14,15)9-5-3-4-8(11(12)13)7(9)6-10/h3-5H,2H2,1H3. The summed E-state index contributed by atoms with van der Waals surface area (Å²) in [6, 6.07) is 5.12. The van der Waals surface area contributed by atoms with Gasteiger partial charge in [-0.05, 0) is 6.07 Å². The number of hydrogen-bond acceptors (Lipinski definition) is 5. The topological polar surface area (TPSA) is 101 Å². The van der Waals surface area contributed by atoms with Gasteiger partial charge in [0.2, 0.25) is 0 Å². The maximum atomic E-state index is 11.6. The highest BCUT2D eigenvalue weighted by Gasteiger charge is 2.24. The van der Waals surface area contributed by atoms with E-state index >= 15 is 0 Å². The van der Waals surface area contributed by atoms with Gasteiger partial charge in [0.05, 0.1) is 15.6 Å². The number of nitro benzene ring substituents is 1. The molecule has 0 aromatic heterocycles. The highest BCUT2D eigenvalue weighted by Crippen LogP contribution is 2.25. The second-order valence-corrected chi connectivity index (χ2v) is 5.17. The summed E-state index contributed by atoms with van der Waals surface area (Å²) < 4.78 is 23.2. The van der Waals surface area contributed by atoms with Crippen LogP contribution in [0.15, 0.2) is 23.1 Å². The first kappa shape index (κ1) is 12.1. The van der Waals surface area contributed by atoms with Gasteiger partial charge in [-0.15, -0.1) is 0 Å². The molecule has 0 fully saturated rings. The molecule has 1 aromatic carbocycles. The first-order chi connectivity index (χ1) is 7.44. The largest absolute Gasteiger partial charge is 0.288 e. The highest BCUT2D eigenvalue weighted by molar-refractivity contribution is 7.91. The van der Waals surface area contributed by atoms with Gasteiger partial charge in [0.25, 0.3) is 5.69 Å². The molecule has 0 spiro atoms. The molecule has 0 bridgehead atoms. The first-order valence-corrected chi connectivity index (χ1v) is 5.99. The minimum Gasteiger partial charge on any atom is -0.258 e. The fourth-order valence-corrected chi connectivity index (χ4v) is 2.26. The SMILES string of the molecule is CCS(=O)(=O)c1cccc([N+](=O)[O-])c1C#N. The Morgan fingerprint density at radius 3 is 2.56 bits per heavy atom. The van der Waals surface area contributed by atoms with Crippen LogP contribution in [0.2, 0.25) is 0 Å². The van der Waals surface area contributed by atoms with E-state index in [2.05, 4.69) is 0 Å². The number of sulfone groups is 1. The third-order valence-electron chi connectivity index (χ3n) is 2.03. The van der Waals surface area contributed by atoms with Gasteiger partial charge < -0.3 is 0 Å². The van der Waals surface area contributed by atoms with Crippen molar-refractivity contribution < 1.29 is 13.3 Å². The molecular formula is C9H8N2O4S. The Balaban J connectivity index is 3.62. The van der Waals surface area contributed by atoms with Gasteiger partial charge in [-0.3, -0.25) is 10.1 Å². The number of rotatable bonds is 3. The van der Waals surface area contributed by atoms with E-state index in [1.165, 1.54) is 19.1 Å². The van der Waals surface area contributed by atoms with E-state index in [9.17, 15) is 18.5 Å². The van der Waals surface area contributed by atoms with Crippen molar-refractivity contribution in [3.63, 3.8) is 0 Å². The third-order valence-corrected chi connectivity index (χ3v) is 3.80. The van der Waals surface area contributed by atoms with Crippen molar-refractivity contribution in [3.8, 4) is 6.07 Å². The molecule has 0 aliphatic rings. The second kappa shape index (κ2) is 4.28. The molecule has 0 aliphatic heterocycles. The number of nitrogens with zero attached hydrogens (tertiary/aromatic N) is 2. The zero-order valence-electron chi connectivity index (χ0n) is 8.37. The molecule has 16 heavy (non-hydrogen) atoms. The zero-order chi connectivity index (χ0) is 12.3. The molecule has 0 aliphatic carbocycles. The Kier molecular flexibility index (Phi) is 3.25. The van der Waals surface area contributed by atoms with E-state index in [4.69, 9.17) is 5.26 Å². The van der Waals surface area contributed by atoms with Gasteiger partial charge in [-0.25, -0.2) is 8.42 Å². The molecule has 6 nitrogen and oxygen atoms in total. The van der Waals surface area contributed by atoms with Crippen molar-refractivity contribution in [3.05, 3.63) is 33.9 Å². The summed E-state index contributed by atoms with van der Waals surface area (Å²) in [7, 11) is -3.62. The number of benzene rings is 1. The Morgan fingerprint density at radius 2 is 2.12 bits per heavy atom. The average Bonchev–Trinajstić information content (AvgIpc) is 2.27. The number of hydrogen-bond donors (Lipinski definition) is 0. The maximum Gasteiger partial charge on any atom is 0.288 e. The molecule has 7 heteroatoms. The van der Waals surface area contributed by atoms with Gasteiger partial charge in [0.15, 0.2) is 9.84 Å². The van der Waals surface area contributed by atoms with Gasteiger partial charge in [0.1, 0.15) is 11.6 Å². The van der Waals surface area contributed by atoms with Gasteiger partial charge >= 0.3 is 0 Å². The smallest absolute Gasteiger partial charge is 0.258 e. The lowest BCUT2D eigenvalue weighted by atomic mass is 10.2. The zero-order valence-corrected chi connectivity index (χ0v) is 9.19. The summed E-state index contributed by atoms with van der Waals surface area (Å²) in [5.41, 5.74) is -0.897. The molecular weight excluding hydrogens is 232 g/mol. The summed E-state index contributed by atoms with van der Waals surface area (Å²) in [5.74, 6) is -0.206. The lowest BCUT2D eigenvalue weighted by molar-refractivity contribution is -0.385. The fourth-order valence-electron chi connectivity index (χ4n) is 1.20. The number of nitro groups is 1. The van der Waals surface area contributed by atoms with Crippen LogP contribution in [0.4, 0.5) is 5.69 Å². The van der Waals surface area contributed by atoms with Gasteiger partial charge in [0, 0.05) is 6.07 Å². The Labute approximate surface area is 92.2 Å². The van der Waals surface area contributed by atoms with Crippen molar-refractivity contribution in [2.45, 2.75) is 11.8 Å². The molecule has 84 valence electrons. The van der Waals surface area contributed by atoms with Crippen LogP contribution in [0, 0.1) is 21.4 Å². The van der Waals surface area contributed by atoms with Crippen molar-refractivity contribution in [1.29, 1.82) is 5.26 Å². The molecule has 0 saturated heterocycles. The summed E-state index contributed by atoms with van der Waals surface area (Å²) in [5, 5.41) is 19.4. The van der Waals surface area contributed by atoms with Crippen LogP contribution >= 0.6 is 0 Å².